The zero-order valence-corrected chi connectivity index (χ0v) is 9.09. The van der Waals surface area contributed by atoms with Crippen molar-refractivity contribution in [2.45, 2.75) is 39.3 Å². The maximum atomic E-state index is 3.49. The third-order valence-electron chi connectivity index (χ3n) is 3.73. The summed E-state index contributed by atoms with van der Waals surface area (Å²) in [6.45, 7) is 10.9. The average Bonchev–Trinajstić information content (AvgIpc) is 2.58. The molecule has 0 spiro atoms. The summed E-state index contributed by atoms with van der Waals surface area (Å²) in [5.74, 6) is 1.75. The van der Waals surface area contributed by atoms with Gasteiger partial charge in [0.25, 0.3) is 0 Å². The molecule has 76 valence electrons. The van der Waals surface area contributed by atoms with Crippen molar-refractivity contribution in [2.75, 3.05) is 19.6 Å². The molecule has 2 heteroatoms. The van der Waals surface area contributed by atoms with Gasteiger partial charge < -0.3 is 5.32 Å². The lowest BCUT2D eigenvalue weighted by Gasteiger charge is -2.30. The summed E-state index contributed by atoms with van der Waals surface area (Å²) < 4.78 is 0. The van der Waals surface area contributed by atoms with Gasteiger partial charge in [0.1, 0.15) is 0 Å². The van der Waals surface area contributed by atoms with Gasteiger partial charge >= 0.3 is 0 Å². The zero-order valence-electron chi connectivity index (χ0n) is 9.09. The normalized spacial score (nSPS) is 47.3. The molecule has 2 nitrogen and oxygen atoms in total. The van der Waals surface area contributed by atoms with Gasteiger partial charge in [0.15, 0.2) is 0 Å². The van der Waals surface area contributed by atoms with Crippen LogP contribution in [0, 0.1) is 11.8 Å². The molecule has 2 heterocycles. The molecule has 0 bridgehead atoms. The molecule has 0 amide bonds. The quantitative estimate of drug-likeness (QED) is 0.658. The third kappa shape index (κ3) is 1.75. The molecule has 0 saturated carbocycles. The maximum Gasteiger partial charge on any atom is 0.0261 e. The van der Waals surface area contributed by atoms with E-state index in [1.54, 1.807) is 0 Å². The zero-order chi connectivity index (χ0) is 9.42. The van der Waals surface area contributed by atoms with Crippen molar-refractivity contribution in [1.82, 2.24) is 10.2 Å². The molecule has 4 atom stereocenters. The number of nitrogens with zero attached hydrogens (tertiary/aromatic N) is 1. The minimum absolute atomic E-state index is 0.806. The molecule has 2 saturated heterocycles. The van der Waals surface area contributed by atoms with Gasteiger partial charge in [-0.1, -0.05) is 13.8 Å². The first-order valence-corrected chi connectivity index (χ1v) is 5.65. The first kappa shape index (κ1) is 9.47. The molecule has 2 rings (SSSR count). The van der Waals surface area contributed by atoms with Crippen molar-refractivity contribution in [2.24, 2.45) is 11.8 Å². The number of likely N-dealkylation sites (tertiary alicyclic amines) is 1. The standard InChI is InChI=1S/C11H22N2/c1-8-4-10(3)13(7-8)11-6-12-5-9(11)2/h8-12H,4-7H2,1-3H3. The minimum atomic E-state index is 0.806. The van der Waals surface area contributed by atoms with Crippen LogP contribution in [0.25, 0.3) is 0 Å². The molecular weight excluding hydrogens is 160 g/mol. The second-order valence-corrected chi connectivity index (χ2v) is 5.09. The summed E-state index contributed by atoms with van der Waals surface area (Å²) in [5, 5.41) is 3.49. The van der Waals surface area contributed by atoms with E-state index >= 15 is 0 Å². The van der Waals surface area contributed by atoms with Gasteiger partial charge in [0.05, 0.1) is 0 Å². The Kier molecular flexibility index (Phi) is 2.61. The van der Waals surface area contributed by atoms with Crippen LogP contribution in [0.1, 0.15) is 27.2 Å². The van der Waals surface area contributed by atoms with Crippen LogP contribution in [0.2, 0.25) is 0 Å². The molecule has 0 aliphatic carbocycles. The lowest BCUT2D eigenvalue weighted by molar-refractivity contribution is 0.169. The van der Waals surface area contributed by atoms with E-state index in [4.69, 9.17) is 0 Å². The topological polar surface area (TPSA) is 15.3 Å². The predicted octanol–water partition coefficient (Wildman–Crippen LogP) is 1.32. The molecule has 0 aromatic carbocycles. The summed E-state index contributed by atoms with van der Waals surface area (Å²) in [4.78, 5) is 2.72. The molecule has 2 aliphatic heterocycles. The fourth-order valence-electron chi connectivity index (χ4n) is 3.03. The second-order valence-electron chi connectivity index (χ2n) is 5.09. The van der Waals surface area contributed by atoms with E-state index in [0.717, 1.165) is 23.9 Å². The monoisotopic (exact) mass is 182 g/mol. The first-order chi connectivity index (χ1) is 6.18. The van der Waals surface area contributed by atoms with E-state index in [-0.39, 0.29) is 0 Å². The molecule has 0 radical (unpaired) electrons. The smallest absolute Gasteiger partial charge is 0.0261 e. The lowest BCUT2D eigenvalue weighted by atomic mass is 10.0. The Balaban J connectivity index is 1.99. The Morgan fingerprint density at radius 2 is 1.92 bits per heavy atom. The Morgan fingerprint density at radius 3 is 2.38 bits per heavy atom. The number of nitrogens with one attached hydrogen (secondary N) is 1. The SMILES string of the molecule is CC1CC(C)N(C2CNCC2C)C1. The molecular formula is C11H22N2. The van der Waals surface area contributed by atoms with Gasteiger partial charge in [-0.3, -0.25) is 4.90 Å². The van der Waals surface area contributed by atoms with Crippen LogP contribution < -0.4 is 5.32 Å². The fourth-order valence-corrected chi connectivity index (χ4v) is 3.03. The van der Waals surface area contributed by atoms with Crippen molar-refractivity contribution in [1.29, 1.82) is 0 Å². The molecule has 4 unspecified atom stereocenters. The number of hydrogen-bond acceptors (Lipinski definition) is 2. The summed E-state index contributed by atoms with van der Waals surface area (Å²) >= 11 is 0. The van der Waals surface area contributed by atoms with Crippen molar-refractivity contribution in [3.63, 3.8) is 0 Å². The Morgan fingerprint density at radius 1 is 1.15 bits per heavy atom. The molecule has 0 aromatic heterocycles. The van der Waals surface area contributed by atoms with Crippen LogP contribution in [0.15, 0.2) is 0 Å². The first-order valence-electron chi connectivity index (χ1n) is 5.65. The van der Waals surface area contributed by atoms with E-state index < -0.39 is 0 Å². The van der Waals surface area contributed by atoms with Gasteiger partial charge in [0.2, 0.25) is 0 Å². The van der Waals surface area contributed by atoms with Gasteiger partial charge in [0, 0.05) is 25.2 Å². The summed E-state index contributed by atoms with van der Waals surface area (Å²) in [7, 11) is 0. The number of rotatable bonds is 1. The summed E-state index contributed by atoms with van der Waals surface area (Å²) in [6, 6.07) is 1.61. The Hall–Kier alpha value is -0.0800. The minimum Gasteiger partial charge on any atom is -0.315 e. The fraction of sp³-hybridized carbons (Fsp3) is 1.00. The van der Waals surface area contributed by atoms with E-state index in [0.29, 0.717) is 0 Å². The van der Waals surface area contributed by atoms with Crippen LogP contribution >= 0.6 is 0 Å². The highest BCUT2D eigenvalue weighted by Gasteiger charge is 2.36. The van der Waals surface area contributed by atoms with Crippen LogP contribution in [0.4, 0.5) is 0 Å². The van der Waals surface area contributed by atoms with Gasteiger partial charge in [-0.2, -0.15) is 0 Å². The van der Waals surface area contributed by atoms with E-state index in [1.807, 2.05) is 0 Å². The van der Waals surface area contributed by atoms with Gasteiger partial charge in [-0.15, -0.1) is 0 Å². The van der Waals surface area contributed by atoms with Gasteiger partial charge in [-0.25, -0.2) is 0 Å². The highest BCUT2D eigenvalue weighted by Crippen LogP contribution is 2.28. The van der Waals surface area contributed by atoms with Crippen molar-refractivity contribution in [3.8, 4) is 0 Å². The van der Waals surface area contributed by atoms with E-state index in [2.05, 4.69) is 31.0 Å². The molecule has 13 heavy (non-hydrogen) atoms. The molecule has 1 N–H and O–H groups in total. The van der Waals surface area contributed by atoms with Crippen molar-refractivity contribution < 1.29 is 0 Å². The largest absolute Gasteiger partial charge is 0.315 e. The van der Waals surface area contributed by atoms with Crippen molar-refractivity contribution >= 4 is 0 Å². The molecule has 2 fully saturated rings. The van der Waals surface area contributed by atoms with E-state index in [1.165, 1.54) is 26.1 Å². The summed E-state index contributed by atoms with van der Waals surface area (Å²) in [6.07, 6.45) is 1.39. The van der Waals surface area contributed by atoms with Crippen LogP contribution in [0.3, 0.4) is 0 Å². The molecule has 2 aliphatic rings. The van der Waals surface area contributed by atoms with Gasteiger partial charge in [-0.05, 0) is 31.7 Å². The van der Waals surface area contributed by atoms with Crippen LogP contribution in [0.5, 0.6) is 0 Å². The second kappa shape index (κ2) is 3.58. The Bertz CT molecular complexity index is 181. The summed E-state index contributed by atoms with van der Waals surface area (Å²) in [5.41, 5.74) is 0. The van der Waals surface area contributed by atoms with E-state index in [9.17, 15) is 0 Å². The highest BCUT2D eigenvalue weighted by molar-refractivity contribution is 4.92. The van der Waals surface area contributed by atoms with Crippen LogP contribution in [-0.2, 0) is 0 Å². The van der Waals surface area contributed by atoms with Crippen molar-refractivity contribution in [3.05, 3.63) is 0 Å². The highest BCUT2D eigenvalue weighted by atomic mass is 15.2. The lowest BCUT2D eigenvalue weighted by Crippen LogP contribution is -2.42. The average molecular weight is 182 g/mol. The molecule has 0 aromatic rings. The van der Waals surface area contributed by atoms with Crippen LogP contribution in [-0.4, -0.2) is 36.6 Å². The number of hydrogen-bond donors (Lipinski definition) is 1. The third-order valence-corrected chi connectivity index (χ3v) is 3.73. The Labute approximate surface area is 81.7 Å². The maximum absolute atomic E-state index is 3.49. The predicted molar refractivity (Wildman–Crippen MR) is 55.8 cm³/mol.